The van der Waals surface area contributed by atoms with Gasteiger partial charge in [-0.3, -0.25) is 28.8 Å². The van der Waals surface area contributed by atoms with Gasteiger partial charge < -0.3 is 77.2 Å². The number of aliphatic hydroxyl groups excluding tert-OH is 1. The number of carbonyl (C=O) groups is 8. The lowest BCUT2D eigenvalue weighted by molar-refractivity contribution is -0.181. The number of amides is 2. The van der Waals surface area contributed by atoms with Crippen LogP contribution in [0.15, 0.2) is 57.9 Å². The fourth-order valence-electron chi connectivity index (χ4n) is 18.5. The maximum atomic E-state index is 16.9. The van der Waals surface area contributed by atoms with Crippen LogP contribution >= 0.6 is 0 Å². The summed E-state index contributed by atoms with van der Waals surface area (Å²) in [5.74, 6) is -7.46. The number of ketones is 2. The van der Waals surface area contributed by atoms with E-state index < -0.39 is 143 Å². The molecule has 0 bridgehead atoms. The average Bonchev–Trinajstić information content (AvgIpc) is 1.59. The molecule has 0 radical (unpaired) electrons. The summed E-state index contributed by atoms with van der Waals surface area (Å²) in [6, 6.07) is 0.870. The number of carboxylic acids is 1. The minimum Gasteiger partial charge on any atom is -0.492 e. The van der Waals surface area contributed by atoms with Gasteiger partial charge in [-0.05, 0) is 131 Å². The second kappa shape index (κ2) is 25.7. The topological polar surface area (TPSA) is 319 Å². The van der Waals surface area contributed by atoms with Gasteiger partial charge in [-0.2, -0.15) is 0 Å². The highest BCUT2D eigenvalue weighted by Gasteiger charge is 2.68. The van der Waals surface area contributed by atoms with Gasteiger partial charge in [0.25, 0.3) is 0 Å². The molecule has 3 N–H and O–H groups in total. The van der Waals surface area contributed by atoms with Gasteiger partial charge in [-0.15, -0.1) is 0 Å². The number of ether oxygens (including phenoxy) is 7. The molecule has 4 aliphatic heterocycles. The Morgan fingerprint density at radius 2 is 1.18 bits per heavy atom. The third-order valence-electron chi connectivity index (χ3n) is 23.6. The fraction of sp³-hybridized carbons (Fsp3) is 0.577. The van der Waals surface area contributed by atoms with E-state index in [2.05, 4.69) is 0 Å². The SMILES string of the molecule is COc1c(N2CC3CCCN(C(=O)OCOC(=O)N4CCCC5CN(c6c(F)cc7c(=O)c(C(=O)OCOC(=O)CCC(=O)OCC(=O)[C@@]8(O)CC[C@H]9[C@@H]%10CCC%11=CC(=O)C=C[C@]%11(C)[C@H]%10[C@@H](O)C[C@@]98C)cn(C8CC8)c7c6OC)CC54)C3C2)c(F)cc2c(=O)c(C(=O)O)cn(C3CC3)c12. The molecular weight excluding hydrogens is 1290 g/mol. The summed E-state index contributed by atoms with van der Waals surface area (Å²) < 4.78 is 75.1. The number of carbonyl (C=O) groups excluding carboxylic acids is 7. The first kappa shape index (κ1) is 67.3. The van der Waals surface area contributed by atoms with Gasteiger partial charge in [-0.25, -0.2) is 28.0 Å². The van der Waals surface area contributed by atoms with Gasteiger partial charge in [-0.1, -0.05) is 25.5 Å². The number of nitrogens with zero attached hydrogens (tertiary/aromatic N) is 6. The van der Waals surface area contributed by atoms with Crippen LogP contribution in [-0.2, 0) is 42.9 Å². The van der Waals surface area contributed by atoms with Crippen LogP contribution in [0.25, 0.3) is 21.8 Å². The van der Waals surface area contributed by atoms with Gasteiger partial charge in [0.15, 0.2) is 35.5 Å². The average molecular weight is 1380 g/mol. The molecule has 28 heteroatoms. The first-order chi connectivity index (χ1) is 47.4. The van der Waals surface area contributed by atoms with Crippen molar-refractivity contribution in [1.82, 2.24) is 18.9 Å². The number of anilines is 2. The van der Waals surface area contributed by atoms with E-state index in [4.69, 9.17) is 33.2 Å². The Morgan fingerprint density at radius 3 is 1.72 bits per heavy atom. The van der Waals surface area contributed by atoms with Crippen molar-refractivity contribution in [2.45, 2.75) is 146 Å². The van der Waals surface area contributed by atoms with Crippen LogP contribution < -0.4 is 30.1 Å². The normalized spacial score (nSPS) is 29.1. The molecular formula is C71H80F2N6O20. The molecule has 9 fully saturated rings. The lowest BCUT2D eigenvalue weighted by atomic mass is 9.46. The minimum absolute atomic E-state index is 0.0238. The highest BCUT2D eigenvalue weighted by atomic mass is 19.1. The van der Waals surface area contributed by atoms with Crippen molar-refractivity contribution in [3.8, 4) is 11.5 Å². The van der Waals surface area contributed by atoms with E-state index in [-0.39, 0.29) is 119 Å². The Bertz CT molecular complexity index is 4280. The van der Waals surface area contributed by atoms with Crippen LogP contribution in [0.1, 0.15) is 143 Å². The number of likely N-dealkylation sites (tertiary alicyclic amines) is 2. The maximum absolute atomic E-state index is 16.9. The summed E-state index contributed by atoms with van der Waals surface area (Å²) in [4.78, 5) is 139. The van der Waals surface area contributed by atoms with E-state index >= 15 is 8.78 Å². The molecule has 11 atom stereocenters. The molecule has 6 heterocycles. The molecule has 5 saturated carbocycles. The molecule has 99 heavy (non-hydrogen) atoms. The zero-order valence-electron chi connectivity index (χ0n) is 55.5. The first-order valence-corrected chi connectivity index (χ1v) is 34.2. The van der Waals surface area contributed by atoms with Crippen LogP contribution in [0.5, 0.6) is 11.5 Å². The number of aromatic carboxylic acids is 1. The summed E-state index contributed by atoms with van der Waals surface area (Å²) in [7, 11) is 2.70. The summed E-state index contributed by atoms with van der Waals surface area (Å²) >= 11 is 0. The molecule has 2 amide bonds. The van der Waals surface area contributed by atoms with Gasteiger partial charge in [0.05, 0.1) is 67.1 Å². The summed E-state index contributed by atoms with van der Waals surface area (Å²) in [5, 5.41) is 33.3. The Hall–Kier alpha value is -8.92. The monoisotopic (exact) mass is 1370 g/mol. The molecule has 26 nitrogen and oxygen atoms in total. The number of rotatable bonds is 18. The highest BCUT2D eigenvalue weighted by molar-refractivity contribution is 6.02. The molecule has 2 aromatic heterocycles. The Balaban J connectivity index is 0.572. The largest absolute Gasteiger partial charge is 0.492 e. The standard InChI is InChI=1S/C71H80F2N6O20/c1-69-19-17-41(80)23-38(69)9-14-42-47-18-20-71(92,70(47,2)26-52(81)56(42)69)53(82)33-95-54(83)15-16-55(84)96-34-97-66(89)46-30-79(40-12-13-40)58-44(62(46)86)25-49(73)60(64(58)94-4)75-28-37-8-6-22-77(51(37)32-75)68(91)99-35-98-67(90)76-21-5-7-36-27-74(31-50(36)76)59-48(72)24-43-57(63(59)93-3)78(39-10-11-39)29-45(61(43)85)65(87)88/h17,19,23-25,29-30,36-37,39-40,42,47,50-52,56,81,92H,5-16,18,20-22,26-28,31-35H2,1-4H3,(H,87,88)/t36?,37?,42-,47-,50?,51?,52-,56+,69-,70-,71-/m0/s1. The quantitative estimate of drug-likeness (QED) is 0.0501. The molecule has 10 aliphatic rings. The maximum Gasteiger partial charge on any atom is 0.412 e. The summed E-state index contributed by atoms with van der Waals surface area (Å²) in [6.45, 7) is 2.94. The van der Waals surface area contributed by atoms with Gasteiger partial charge in [0.2, 0.25) is 30.2 Å². The lowest BCUT2D eigenvalue weighted by Gasteiger charge is -2.59. The molecule has 4 saturated heterocycles. The van der Waals surface area contributed by atoms with Crippen LogP contribution in [0.3, 0.4) is 0 Å². The van der Waals surface area contributed by atoms with Crippen molar-refractivity contribution in [3.63, 3.8) is 0 Å². The summed E-state index contributed by atoms with van der Waals surface area (Å²) in [5.41, 5.74) is -4.50. The van der Waals surface area contributed by atoms with E-state index in [9.17, 15) is 63.3 Å². The van der Waals surface area contributed by atoms with E-state index in [1.165, 1.54) is 37.6 Å². The van der Waals surface area contributed by atoms with E-state index in [1.54, 1.807) is 36.8 Å². The van der Waals surface area contributed by atoms with Crippen LogP contribution in [0.2, 0.25) is 0 Å². The van der Waals surface area contributed by atoms with Crippen molar-refractivity contribution in [1.29, 1.82) is 0 Å². The lowest BCUT2D eigenvalue weighted by Crippen LogP contribution is -2.61. The molecule has 14 rings (SSSR count). The number of piperidine rings is 2. The Kier molecular flexibility index (Phi) is 17.4. The number of allylic oxidation sites excluding steroid dienone is 4. The predicted octanol–water partition coefficient (Wildman–Crippen LogP) is 7.27. The van der Waals surface area contributed by atoms with Gasteiger partial charge in [0, 0.05) is 80.5 Å². The Morgan fingerprint density at radius 1 is 0.657 bits per heavy atom. The molecule has 528 valence electrons. The number of Topliss-reactive ketones (excluding diaryl/α,β-unsaturated/α-hetero) is 1. The summed E-state index contributed by atoms with van der Waals surface area (Å²) in [6.07, 6.45) is 11.7. The van der Waals surface area contributed by atoms with Crippen LogP contribution in [0.4, 0.5) is 29.7 Å². The predicted molar refractivity (Wildman–Crippen MR) is 346 cm³/mol. The zero-order chi connectivity index (χ0) is 69.9. The number of hydrogen-bond donors (Lipinski definition) is 3. The molecule has 6 aliphatic carbocycles. The van der Waals surface area contributed by atoms with E-state index in [0.717, 1.165) is 30.5 Å². The molecule has 4 aromatic rings. The van der Waals surface area contributed by atoms with Crippen molar-refractivity contribution >= 4 is 80.8 Å². The Labute approximate surface area is 566 Å². The second-order valence-corrected chi connectivity index (χ2v) is 28.9. The number of benzene rings is 2. The number of fused-ring (bicyclic) bond motifs is 9. The van der Waals surface area contributed by atoms with Crippen LogP contribution in [0, 0.1) is 52.1 Å². The van der Waals surface area contributed by atoms with Crippen LogP contribution in [-0.4, -0.2) is 179 Å². The van der Waals surface area contributed by atoms with Crippen molar-refractivity contribution in [2.24, 2.45) is 40.4 Å². The van der Waals surface area contributed by atoms with E-state index in [0.29, 0.717) is 82.9 Å². The molecule has 0 spiro atoms. The van der Waals surface area contributed by atoms with Gasteiger partial charge >= 0.3 is 36.1 Å². The second-order valence-electron chi connectivity index (χ2n) is 28.9. The number of esters is 3. The molecule has 2 aromatic carbocycles. The third kappa shape index (κ3) is 11.5. The zero-order valence-corrected chi connectivity index (χ0v) is 55.5. The van der Waals surface area contributed by atoms with Crippen molar-refractivity contribution in [3.05, 3.63) is 91.5 Å². The van der Waals surface area contributed by atoms with E-state index in [1.807, 2.05) is 13.0 Å². The van der Waals surface area contributed by atoms with Gasteiger partial charge in [0.1, 0.15) is 28.1 Å². The highest BCUT2D eigenvalue weighted by Crippen LogP contribution is 2.67. The number of carboxylic acid groups (broad SMARTS) is 1. The smallest absolute Gasteiger partial charge is 0.412 e. The fourth-order valence-corrected chi connectivity index (χ4v) is 18.5. The third-order valence-corrected chi connectivity index (χ3v) is 23.6. The van der Waals surface area contributed by atoms with Crippen molar-refractivity contribution < 1.29 is 95.6 Å². The first-order valence-electron chi connectivity index (χ1n) is 34.2. The number of hydrogen-bond acceptors (Lipinski definition) is 21. The number of methoxy groups -OCH3 is 2. The van der Waals surface area contributed by atoms with Crippen molar-refractivity contribution in [2.75, 3.05) is 83.5 Å². The number of aromatic nitrogens is 2. The number of halogens is 2. The number of aliphatic hydroxyl groups is 2. The molecule has 4 unspecified atom stereocenters. The number of pyridine rings is 2. The minimum atomic E-state index is -1.90.